The largest absolute Gasteiger partial charge is 0.465 e. The number of nitrogens with zero attached hydrogens (tertiary/aromatic N) is 1. The fraction of sp³-hybridized carbons (Fsp3) is 0.111. The molecular formula is C9H5I2NO2. The first-order valence-corrected chi connectivity index (χ1v) is 5.74. The Morgan fingerprint density at radius 3 is 2.64 bits per heavy atom. The van der Waals surface area contributed by atoms with E-state index in [1.807, 2.05) is 51.3 Å². The van der Waals surface area contributed by atoms with Crippen LogP contribution in [0.3, 0.4) is 0 Å². The van der Waals surface area contributed by atoms with Gasteiger partial charge in [0.05, 0.1) is 18.2 Å². The van der Waals surface area contributed by atoms with E-state index in [9.17, 15) is 4.79 Å². The molecule has 0 amide bonds. The summed E-state index contributed by atoms with van der Waals surface area (Å²) in [6.07, 6.45) is 0. The molecule has 0 fully saturated rings. The predicted molar refractivity (Wildman–Crippen MR) is 67.9 cm³/mol. The summed E-state index contributed by atoms with van der Waals surface area (Å²) < 4.78 is 6.07. The topological polar surface area (TPSA) is 50.1 Å². The molecule has 0 heterocycles. The third-order valence-corrected chi connectivity index (χ3v) is 3.62. The Balaban J connectivity index is 3.42. The van der Waals surface area contributed by atoms with Crippen molar-refractivity contribution in [2.24, 2.45) is 0 Å². The first-order chi connectivity index (χ1) is 6.61. The lowest BCUT2D eigenvalue weighted by atomic mass is 10.1. The van der Waals surface area contributed by atoms with Gasteiger partial charge in [-0.2, -0.15) is 5.26 Å². The van der Waals surface area contributed by atoms with Crippen molar-refractivity contribution < 1.29 is 9.53 Å². The second-order valence-corrected chi connectivity index (χ2v) is 4.63. The summed E-state index contributed by atoms with van der Waals surface area (Å²) in [6.45, 7) is 0. The molecule has 0 spiro atoms. The van der Waals surface area contributed by atoms with Gasteiger partial charge in [-0.25, -0.2) is 4.79 Å². The van der Waals surface area contributed by atoms with Crippen molar-refractivity contribution in [2.75, 3.05) is 7.11 Å². The van der Waals surface area contributed by atoms with E-state index >= 15 is 0 Å². The van der Waals surface area contributed by atoms with Gasteiger partial charge >= 0.3 is 5.97 Å². The van der Waals surface area contributed by atoms with Gasteiger partial charge in [-0.1, -0.05) is 0 Å². The predicted octanol–water partition coefficient (Wildman–Crippen LogP) is 2.55. The molecule has 0 N–H and O–H groups in total. The summed E-state index contributed by atoms with van der Waals surface area (Å²) in [7, 11) is 1.33. The van der Waals surface area contributed by atoms with E-state index in [1.165, 1.54) is 7.11 Å². The van der Waals surface area contributed by atoms with Crippen LogP contribution in [0.25, 0.3) is 0 Å². The van der Waals surface area contributed by atoms with Gasteiger partial charge < -0.3 is 4.74 Å². The molecule has 0 atom stereocenters. The molecule has 1 rings (SSSR count). The normalized spacial score (nSPS) is 9.29. The minimum atomic E-state index is -0.407. The summed E-state index contributed by atoms with van der Waals surface area (Å²) in [5, 5.41) is 8.78. The Kier molecular flexibility index (Phi) is 4.12. The monoisotopic (exact) mass is 413 g/mol. The highest BCUT2D eigenvalue weighted by molar-refractivity contribution is 14.1. The summed E-state index contributed by atoms with van der Waals surface area (Å²) in [5.41, 5.74) is 0.958. The van der Waals surface area contributed by atoms with E-state index in [-0.39, 0.29) is 0 Å². The number of benzene rings is 1. The summed E-state index contributed by atoms with van der Waals surface area (Å²) in [5.74, 6) is -0.407. The van der Waals surface area contributed by atoms with E-state index in [1.54, 1.807) is 12.1 Å². The van der Waals surface area contributed by atoms with Crippen molar-refractivity contribution in [3.05, 3.63) is 30.4 Å². The average Bonchev–Trinajstić information content (AvgIpc) is 2.18. The van der Waals surface area contributed by atoms with E-state index < -0.39 is 5.97 Å². The lowest BCUT2D eigenvalue weighted by Crippen LogP contribution is -2.07. The van der Waals surface area contributed by atoms with Crippen LogP contribution in [-0.2, 0) is 4.74 Å². The SMILES string of the molecule is COC(=O)c1c(I)ccc(C#N)c1I. The Morgan fingerprint density at radius 2 is 2.14 bits per heavy atom. The Morgan fingerprint density at radius 1 is 1.50 bits per heavy atom. The maximum atomic E-state index is 11.4. The van der Waals surface area contributed by atoms with Crippen LogP contribution in [0.4, 0.5) is 0 Å². The van der Waals surface area contributed by atoms with Gasteiger partial charge in [-0.05, 0) is 57.3 Å². The van der Waals surface area contributed by atoms with E-state index in [4.69, 9.17) is 5.26 Å². The summed E-state index contributed by atoms with van der Waals surface area (Å²) in [6, 6.07) is 5.44. The second kappa shape index (κ2) is 4.93. The fourth-order valence-electron chi connectivity index (χ4n) is 0.928. The molecule has 3 nitrogen and oxygen atoms in total. The smallest absolute Gasteiger partial charge is 0.340 e. The third kappa shape index (κ3) is 2.17. The second-order valence-electron chi connectivity index (χ2n) is 2.39. The zero-order chi connectivity index (χ0) is 10.7. The van der Waals surface area contributed by atoms with Crippen LogP contribution in [0.15, 0.2) is 12.1 Å². The van der Waals surface area contributed by atoms with Crippen LogP contribution in [0.2, 0.25) is 0 Å². The number of carbonyl (C=O) groups is 1. The lowest BCUT2D eigenvalue weighted by Gasteiger charge is -2.05. The van der Waals surface area contributed by atoms with Crippen LogP contribution in [0.1, 0.15) is 15.9 Å². The van der Waals surface area contributed by atoms with Crippen molar-refractivity contribution in [3.63, 3.8) is 0 Å². The fourth-order valence-corrected chi connectivity index (χ4v) is 2.92. The molecule has 14 heavy (non-hydrogen) atoms. The van der Waals surface area contributed by atoms with Crippen molar-refractivity contribution in [1.82, 2.24) is 0 Å². The van der Waals surface area contributed by atoms with Crippen LogP contribution in [0.5, 0.6) is 0 Å². The molecule has 5 heteroatoms. The Labute approximate surface area is 109 Å². The first-order valence-electron chi connectivity index (χ1n) is 3.58. The van der Waals surface area contributed by atoms with Crippen LogP contribution < -0.4 is 0 Å². The van der Waals surface area contributed by atoms with Crippen LogP contribution in [0, 0.1) is 18.5 Å². The molecule has 72 valence electrons. The first kappa shape index (κ1) is 11.7. The quantitative estimate of drug-likeness (QED) is 0.526. The average molecular weight is 413 g/mol. The number of hydrogen-bond acceptors (Lipinski definition) is 3. The third-order valence-electron chi connectivity index (χ3n) is 1.60. The molecule has 0 aromatic heterocycles. The molecule has 0 saturated heterocycles. The molecule has 1 aromatic rings. The van der Waals surface area contributed by atoms with Gasteiger partial charge in [0, 0.05) is 7.14 Å². The standard InChI is InChI=1S/C9H5I2NO2/c1-14-9(13)7-6(10)3-2-5(4-12)8(7)11/h2-3H,1H3. The molecular weight excluding hydrogens is 408 g/mol. The highest BCUT2D eigenvalue weighted by Gasteiger charge is 2.17. The van der Waals surface area contributed by atoms with Gasteiger partial charge in [0.2, 0.25) is 0 Å². The highest BCUT2D eigenvalue weighted by Crippen LogP contribution is 2.23. The maximum absolute atomic E-state index is 11.4. The number of halogens is 2. The number of nitriles is 1. The van der Waals surface area contributed by atoms with E-state index in [0.717, 1.165) is 3.57 Å². The Bertz CT molecular complexity index is 424. The minimum Gasteiger partial charge on any atom is -0.465 e. The van der Waals surface area contributed by atoms with Crippen LogP contribution in [-0.4, -0.2) is 13.1 Å². The number of hydrogen-bond donors (Lipinski definition) is 0. The van der Waals surface area contributed by atoms with Crippen molar-refractivity contribution in [1.29, 1.82) is 5.26 Å². The summed E-state index contributed by atoms with van der Waals surface area (Å²) in [4.78, 5) is 11.4. The number of rotatable bonds is 1. The van der Waals surface area contributed by atoms with Gasteiger partial charge in [-0.3, -0.25) is 0 Å². The number of methoxy groups -OCH3 is 1. The van der Waals surface area contributed by atoms with Crippen molar-refractivity contribution >= 4 is 51.2 Å². The van der Waals surface area contributed by atoms with Gasteiger partial charge in [0.15, 0.2) is 0 Å². The molecule has 0 aliphatic rings. The number of esters is 1. The number of carbonyl (C=O) groups excluding carboxylic acids is 1. The molecule has 0 aliphatic heterocycles. The molecule has 1 aromatic carbocycles. The van der Waals surface area contributed by atoms with Gasteiger partial charge in [0.25, 0.3) is 0 Å². The Hall–Kier alpha value is -0.360. The van der Waals surface area contributed by atoms with Gasteiger partial charge in [-0.15, -0.1) is 0 Å². The van der Waals surface area contributed by atoms with E-state index in [2.05, 4.69) is 4.74 Å². The van der Waals surface area contributed by atoms with E-state index in [0.29, 0.717) is 14.7 Å². The number of ether oxygens (including phenoxy) is 1. The summed E-state index contributed by atoms with van der Waals surface area (Å²) >= 11 is 4.02. The van der Waals surface area contributed by atoms with Crippen molar-refractivity contribution in [2.45, 2.75) is 0 Å². The minimum absolute atomic E-state index is 0.407. The zero-order valence-electron chi connectivity index (χ0n) is 7.17. The highest BCUT2D eigenvalue weighted by atomic mass is 127. The van der Waals surface area contributed by atoms with Crippen LogP contribution >= 0.6 is 45.2 Å². The molecule has 0 unspecified atom stereocenters. The lowest BCUT2D eigenvalue weighted by molar-refractivity contribution is 0.0598. The molecule has 0 saturated carbocycles. The molecule has 0 radical (unpaired) electrons. The zero-order valence-corrected chi connectivity index (χ0v) is 11.5. The van der Waals surface area contributed by atoms with Gasteiger partial charge in [0.1, 0.15) is 6.07 Å². The molecule has 0 aliphatic carbocycles. The van der Waals surface area contributed by atoms with Crippen molar-refractivity contribution in [3.8, 4) is 6.07 Å². The molecule has 0 bridgehead atoms. The maximum Gasteiger partial charge on any atom is 0.340 e.